The molecule has 0 atom stereocenters. The van der Waals surface area contributed by atoms with Crippen LogP contribution in [0.25, 0.3) is 22.2 Å². The van der Waals surface area contributed by atoms with Gasteiger partial charge in [0.05, 0.1) is 44.3 Å². The third kappa shape index (κ3) is 4.66. The molecule has 0 bridgehead atoms. The zero-order chi connectivity index (χ0) is 24.1. The summed E-state index contributed by atoms with van der Waals surface area (Å²) in [6.07, 6.45) is 1.46. The number of amides is 1. The van der Waals surface area contributed by atoms with E-state index in [1.165, 1.54) is 39.7 Å². The number of nitrogens with one attached hydrogen (secondary N) is 1. The van der Waals surface area contributed by atoms with Crippen molar-refractivity contribution < 1.29 is 23.4 Å². The van der Waals surface area contributed by atoms with Crippen molar-refractivity contribution in [2.24, 2.45) is 5.10 Å². The fourth-order valence-electron chi connectivity index (χ4n) is 3.51. The monoisotopic (exact) mass is 459 g/mol. The summed E-state index contributed by atoms with van der Waals surface area (Å²) in [6, 6.07) is 18.3. The lowest BCUT2D eigenvalue weighted by Crippen LogP contribution is -2.18. The smallest absolute Gasteiger partial charge is 0.272 e. The van der Waals surface area contributed by atoms with Crippen LogP contribution in [0, 0.1) is 5.82 Å². The first-order valence-electron chi connectivity index (χ1n) is 10.3. The zero-order valence-corrected chi connectivity index (χ0v) is 18.8. The largest absolute Gasteiger partial charge is 0.496 e. The number of carbonyl (C=O) groups is 1. The van der Waals surface area contributed by atoms with Crippen LogP contribution in [0.1, 0.15) is 15.9 Å². The van der Waals surface area contributed by atoms with Crippen LogP contribution in [-0.4, -0.2) is 38.4 Å². The van der Waals surface area contributed by atoms with Gasteiger partial charge >= 0.3 is 0 Å². The maximum absolute atomic E-state index is 13.4. The Hall–Kier alpha value is -4.46. The molecular weight excluding hydrogens is 437 g/mol. The second-order valence-electron chi connectivity index (χ2n) is 7.23. The highest BCUT2D eigenvalue weighted by atomic mass is 19.1. The lowest BCUT2D eigenvalue weighted by molar-refractivity contribution is 0.0956. The highest BCUT2D eigenvalue weighted by molar-refractivity contribution is 6.07. The molecule has 1 aromatic heterocycles. The first-order valence-corrected chi connectivity index (χ1v) is 10.3. The van der Waals surface area contributed by atoms with E-state index in [1.807, 2.05) is 24.3 Å². The van der Waals surface area contributed by atoms with Crippen molar-refractivity contribution in [1.29, 1.82) is 0 Å². The van der Waals surface area contributed by atoms with E-state index in [4.69, 9.17) is 14.2 Å². The molecule has 3 aromatic carbocycles. The second-order valence-corrected chi connectivity index (χ2v) is 7.23. The number of carbonyl (C=O) groups excluding carboxylic acids is 1. The van der Waals surface area contributed by atoms with E-state index in [-0.39, 0.29) is 5.82 Å². The van der Waals surface area contributed by atoms with Crippen molar-refractivity contribution in [1.82, 2.24) is 10.4 Å². The number of benzene rings is 3. The standard InChI is InChI=1S/C26H22FN3O4/c1-32-23-14-25(34-3)24(33-2)12-17(23)15-28-30-26(31)20-13-22(16-8-10-18(27)11-9-16)29-21-7-5-4-6-19(20)21/h4-15H,1-3H3,(H,30,31)/b28-15-. The Balaban J connectivity index is 1.66. The van der Waals surface area contributed by atoms with E-state index in [0.717, 1.165) is 0 Å². The number of hydrogen-bond acceptors (Lipinski definition) is 6. The molecule has 4 aromatic rings. The fourth-order valence-corrected chi connectivity index (χ4v) is 3.51. The molecule has 0 unspecified atom stereocenters. The van der Waals surface area contributed by atoms with Crippen molar-refractivity contribution in [3.8, 4) is 28.5 Å². The molecule has 0 aliphatic heterocycles. The second kappa shape index (κ2) is 9.99. The van der Waals surface area contributed by atoms with E-state index >= 15 is 0 Å². The summed E-state index contributed by atoms with van der Waals surface area (Å²) in [5.41, 5.74) is 5.42. The molecule has 0 saturated heterocycles. The van der Waals surface area contributed by atoms with Crippen LogP contribution in [0.15, 0.2) is 71.8 Å². The van der Waals surface area contributed by atoms with Crippen molar-refractivity contribution in [3.05, 3.63) is 83.7 Å². The maximum Gasteiger partial charge on any atom is 0.272 e. The van der Waals surface area contributed by atoms with Crippen LogP contribution < -0.4 is 19.6 Å². The SMILES string of the molecule is COc1cc(OC)c(OC)cc1/C=N\NC(=O)c1cc(-c2ccc(F)cc2)nc2ccccc12. The Bertz CT molecular complexity index is 1370. The van der Waals surface area contributed by atoms with Crippen LogP contribution in [0.2, 0.25) is 0 Å². The minimum Gasteiger partial charge on any atom is -0.496 e. The van der Waals surface area contributed by atoms with Crippen molar-refractivity contribution in [2.75, 3.05) is 21.3 Å². The minimum absolute atomic E-state index is 0.345. The number of methoxy groups -OCH3 is 3. The van der Waals surface area contributed by atoms with Crippen LogP contribution in [-0.2, 0) is 0 Å². The van der Waals surface area contributed by atoms with Gasteiger partial charge in [0, 0.05) is 22.6 Å². The van der Waals surface area contributed by atoms with Gasteiger partial charge in [-0.05, 0) is 42.5 Å². The highest BCUT2D eigenvalue weighted by Crippen LogP contribution is 2.33. The van der Waals surface area contributed by atoms with E-state index < -0.39 is 5.91 Å². The number of nitrogens with zero attached hydrogens (tertiary/aromatic N) is 2. The molecule has 172 valence electrons. The number of ether oxygens (including phenoxy) is 3. The van der Waals surface area contributed by atoms with Crippen molar-refractivity contribution in [2.45, 2.75) is 0 Å². The van der Waals surface area contributed by atoms with Crippen molar-refractivity contribution >= 4 is 23.0 Å². The van der Waals surface area contributed by atoms with E-state index in [0.29, 0.717) is 50.5 Å². The Morgan fingerprint density at radius 3 is 2.29 bits per heavy atom. The lowest BCUT2D eigenvalue weighted by atomic mass is 10.0. The van der Waals surface area contributed by atoms with Crippen LogP contribution >= 0.6 is 0 Å². The molecule has 0 aliphatic rings. The minimum atomic E-state index is -0.419. The number of hydrogen-bond donors (Lipinski definition) is 1. The first kappa shape index (κ1) is 22.7. The number of rotatable bonds is 7. The quantitative estimate of drug-likeness (QED) is 0.316. The van der Waals surface area contributed by atoms with E-state index in [2.05, 4.69) is 15.5 Å². The number of para-hydroxylation sites is 1. The molecule has 0 radical (unpaired) electrons. The topological polar surface area (TPSA) is 82.0 Å². The Morgan fingerprint density at radius 2 is 1.59 bits per heavy atom. The van der Waals surface area contributed by atoms with Gasteiger partial charge in [-0.1, -0.05) is 18.2 Å². The van der Waals surface area contributed by atoms with E-state index in [9.17, 15) is 9.18 Å². The third-order valence-electron chi connectivity index (χ3n) is 5.21. The van der Waals surface area contributed by atoms with Gasteiger partial charge in [0.15, 0.2) is 11.5 Å². The van der Waals surface area contributed by atoms with Gasteiger partial charge in [0.1, 0.15) is 11.6 Å². The van der Waals surface area contributed by atoms with Gasteiger partial charge in [-0.3, -0.25) is 4.79 Å². The molecule has 0 saturated carbocycles. The molecule has 1 heterocycles. The van der Waals surface area contributed by atoms with Crippen molar-refractivity contribution in [3.63, 3.8) is 0 Å². The number of aromatic nitrogens is 1. The van der Waals surface area contributed by atoms with Crippen LogP contribution in [0.5, 0.6) is 17.2 Å². The molecule has 0 aliphatic carbocycles. The van der Waals surface area contributed by atoms with Gasteiger partial charge in [-0.25, -0.2) is 14.8 Å². The summed E-state index contributed by atoms with van der Waals surface area (Å²) in [5, 5.41) is 4.78. The molecule has 1 N–H and O–H groups in total. The summed E-state index contributed by atoms with van der Waals surface area (Å²) >= 11 is 0. The molecule has 1 amide bonds. The van der Waals surface area contributed by atoms with Gasteiger partial charge in [0.2, 0.25) is 0 Å². The molecule has 0 spiro atoms. The Kier molecular flexibility index (Phi) is 6.68. The van der Waals surface area contributed by atoms with Crippen LogP contribution in [0.4, 0.5) is 4.39 Å². The molecule has 34 heavy (non-hydrogen) atoms. The van der Waals surface area contributed by atoms with Gasteiger partial charge in [-0.15, -0.1) is 0 Å². The normalized spacial score (nSPS) is 10.9. The van der Waals surface area contributed by atoms with E-state index in [1.54, 1.807) is 30.3 Å². The molecule has 4 rings (SSSR count). The Morgan fingerprint density at radius 1 is 0.912 bits per heavy atom. The average molecular weight is 459 g/mol. The average Bonchev–Trinajstić information content (AvgIpc) is 2.87. The van der Waals surface area contributed by atoms with Gasteiger partial charge in [-0.2, -0.15) is 5.10 Å². The summed E-state index contributed by atoms with van der Waals surface area (Å²) in [7, 11) is 4.59. The number of pyridine rings is 1. The summed E-state index contributed by atoms with van der Waals surface area (Å²) in [6.45, 7) is 0. The third-order valence-corrected chi connectivity index (χ3v) is 5.21. The highest BCUT2D eigenvalue weighted by Gasteiger charge is 2.14. The van der Waals surface area contributed by atoms with Gasteiger partial charge in [0.25, 0.3) is 5.91 Å². The summed E-state index contributed by atoms with van der Waals surface area (Å²) < 4.78 is 29.4. The first-order chi connectivity index (χ1) is 16.5. The Labute approximate surface area is 195 Å². The van der Waals surface area contributed by atoms with Crippen LogP contribution in [0.3, 0.4) is 0 Å². The fraction of sp³-hybridized carbons (Fsp3) is 0.115. The molecule has 8 heteroatoms. The summed E-state index contributed by atoms with van der Waals surface area (Å²) in [5.74, 6) is 0.751. The maximum atomic E-state index is 13.4. The predicted molar refractivity (Wildman–Crippen MR) is 128 cm³/mol. The molecule has 0 fully saturated rings. The number of hydrazone groups is 1. The number of halogens is 1. The molecule has 7 nitrogen and oxygen atoms in total. The summed E-state index contributed by atoms with van der Waals surface area (Å²) in [4.78, 5) is 17.7. The number of fused-ring (bicyclic) bond motifs is 1. The predicted octanol–water partition coefficient (Wildman–Crippen LogP) is 4.83. The zero-order valence-electron chi connectivity index (χ0n) is 18.8. The molecular formula is C26H22FN3O4. The lowest BCUT2D eigenvalue weighted by Gasteiger charge is -2.12. The van der Waals surface area contributed by atoms with Gasteiger partial charge < -0.3 is 14.2 Å².